The topological polar surface area (TPSA) is 37.3 Å². The van der Waals surface area contributed by atoms with Gasteiger partial charge in [0.15, 0.2) is 0 Å². The lowest BCUT2D eigenvalue weighted by atomic mass is 9.44. The number of allylic oxidation sites excluding steroid dienone is 5. The highest BCUT2D eigenvalue weighted by molar-refractivity contribution is 5.86. The van der Waals surface area contributed by atoms with E-state index in [1.54, 1.807) is 11.1 Å². The molecule has 2 fully saturated rings. The predicted octanol–water partition coefficient (Wildman–Crippen LogP) is 7.44. The molecule has 0 spiro atoms. The van der Waals surface area contributed by atoms with E-state index < -0.39 is 0 Å². The molecule has 0 amide bonds. The summed E-state index contributed by atoms with van der Waals surface area (Å²) in [5, 5.41) is 9.30. The van der Waals surface area contributed by atoms with Crippen molar-refractivity contribution in [2.45, 2.75) is 99.8 Å². The molecule has 4 aliphatic carbocycles. The van der Waals surface area contributed by atoms with E-state index in [-0.39, 0.29) is 22.9 Å². The number of hydrogen-bond acceptors (Lipinski definition) is 2. The Labute approximate surface area is 196 Å². The highest BCUT2D eigenvalue weighted by Crippen LogP contribution is 2.71. The van der Waals surface area contributed by atoms with Crippen LogP contribution >= 0.6 is 0 Å². The zero-order valence-electron chi connectivity index (χ0n) is 21.7. The van der Waals surface area contributed by atoms with Crippen molar-refractivity contribution in [2.24, 2.45) is 39.4 Å². The van der Waals surface area contributed by atoms with Gasteiger partial charge in [-0.25, -0.2) is 0 Å². The number of rotatable bonds is 5. The summed E-state index contributed by atoms with van der Waals surface area (Å²) < 4.78 is 0. The Hall–Kier alpha value is -1.15. The summed E-state index contributed by atoms with van der Waals surface area (Å²) in [5.41, 5.74) is 4.80. The summed E-state index contributed by atoms with van der Waals surface area (Å²) >= 11 is 0. The van der Waals surface area contributed by atoms with Crippen LogP contribution in [0, 0.1) is 39.4 Å². The maximum absolute atomic E-state index is 12.8. The van der Waals surface area contributed by atoms with E-state index in [0.717, 1.165) is 37.2 Å². The van der Waals surface area contributed by atoms with E-state index in [2.05, 4.69) is 59.8 Å². The van der Waals surface area contributed by atoms with Gasteiger partial charge in [0.2, 0.25) is 0 Å². The number of carbonyl (C=O) groups excluding carboxylic acids is 1. The lowest BCUT2D eigenvalue weighted by molar-refractivity contribution is -0.138. The predicted molar refractivity (Wildman–Crippen MR) is 133 cm³/mol. The van der Waals surface area contributed by atoms with Crippen LogP contribution in [0.1, 0.15) is 99.8 Å². The maximum Gasteiger partial charge on any atom is 0.138 e. The second-order valence-corrected chi connectivity index (χ2v) is 12.9. The van der Waals surface area contributed by atoms with Crippen LogP contribution in [-0.2, 0) is 4.79 Å². The second-order valence-electron chi connectivity index (χ2n) is 12.9. The number of aliphatic hydroxyl groups is 1. The molecule has 0 aliphatic heterocycles. The van der Waals surface area contributed by atoms with E-state index in [0.29, 0.717) is 23.0 Å². The minimum atomic E-state index is -0.218. The molecule has 0 saturated heterocycles. The number of Topliss-reactive ketones (excluding diaryl/α,β-unsaturated/α-hetero) is 1. The molecule has 0 aromatic rings. The SMILES string of the molecule is CC(=CCC[C@@H](C)[C@H]1CC[C@@]2(C)C3=CCC4C(C)(C)C(=O)CC[C@]4(C)C3=CC[C@]12C)CO. The average molecular weight is 439 g/mol. The number of ketones is 1. The fourth-order valence-electron chi connectivity index (χ4n) is 8.62. The summed E-state index contributed by atoms with van der Waals surface area (Å²) in [7, 11) is 0. The lowest BCUT2D eigenvalue weighted by Gasteiger charge is -2.59. The van der Waals surface area contributed by atoms with Crippen molar-refractivity contribution < 1.29 is 9.90 Å². The molecule has 4 aliphatic rings. The van der Waals surface area contributed by atoms with Gasteiger partial charge in [0, 0.05) is 11.8 Å². The fraction of sp³-hybridized carbons (Fsp3) is 0.767. The standard InChI is InChI=1S/C30H46O2/c1-20(19-31)9-8-10-21(2)22-13-17-30(7)24-11-12-25-27(3,4)26(32)15-16-28(25,5)23(24)14-18-29(22,30)6/h9,11,14,21-22,25,31H,8,10,12-13,15-19H2,1-7H3/t21-,22-,25?,28-,29-,30+/m1/s1. The van der Waals surface area contributed by atoms with Crippen molar-refractivity contribution in [3.8, 4) is 0 Å². The van der Waals surface area contributed by atoms with Gasteiger partial charge in [0.1, 0.15) is 5.78 Å². The Kier molecular flexibility index (Phi) is 5.97. The molecule has 6 atom stereocenters. The molecule has 1 N–H and O–H groups in total. The van der Waals surface area contributed by atoms with Crippen molar-refractivity contribution in [1.82, 2.24) is 0 Å². The number of aliphatic hydroxyl groups excluding tert-OH is 1. The quantitative estimate of drug-likeness (QED) is 0.453. The number of hydrogen-bond donors (Lipinski definition) is 1. The molecule has 0 aromatic heterocycles. The fourth-order valence-corrected chi connectivity index (χ4v) is 8.62. The summed E-state index contributed by atoms with van der Waals surface area (Å²) in [6.07, 6.45) is 16.3. The molecule has 0 bridgehead atoms. The van der Waals surface area contributed by atoms with Crippen molar-refractivity contribution >= 4 is 5.78 Å². The smallest absolute Gasteiger partial charge is 0.138 e. The molecule has 4 rings (SSSR count). The minimum Gasteiger partial charge on any atom is -0.392 e. The third kappa shape index (κ3) is 3.26. The summed E-state index contributed by atoms with van der Waals surface area (Å²) in [6.45, 7) is 16.7. The van der Waals surface area contributed by atoms with E-state index in [1.807, 2.05) is 6.92 Å². The minimum absolute atomic E-state index is 0.141. The Balaban J connectivity index is 1.63. The Morgan fingerprint density at radius 3 is 2.56 bits per heavy atom. The van der Waals surface area contributed by atoms with Gasteiger partial charge in [-0.1, -0.05) is 65.3 Å². The number of carbonyl (C=O) groups is 1. The molecule has 32 heavy (non-hydrogen) atoms. The monoisotopic (exact) mass is 438 g/mol. The molecule has 2 heteroatoms. The summed E-state index contributed by atoms with van der Waals surface area (Å²) in [6, 6.07) is 0. The second kappa shape index (κ2) is 7.97. The summed E-state index contributed by atoms with van der Waals surface area (Å²) in [4.78, 5) is 12.8. The maximum atomic E-state index is 12.8. The van der Waals surface area contributed by atoms with Crippen LogP contribution in [0.15, 0.2) is 34.9 Å². The van der Waals surface area contributed by atoms with E-state index in [4.69, 9.17) is 0 Å². The molecular formula is C30H46O2. The lowest BCUT2D eigenvalue weighted by Crippen LogP contribution is -2.53. The van der Waals surface area contributed by atoms with Crippen LogP contribution in [0.2, 0.25) is 0 Å². The normalized spacial score (nSPS) is 41.9. The first-order chi connectivity index (χ1) is 14.9. The van der Waals surface area contributed by atoms with E-state index in [1.165, 1.54) is 25.7 Å². The van der Waals surface area contributed by atoms with Crippen LogP contribution < -0.4 is 0 Å². The third-order valence-corrected chi connectivity index (χ3v) is 11.1. The molecule has 178 valence electrons. The molecule has 1 unspecified atom stereocenters. The highest BCUT2D eigenvalue weighted by atomic mass is 16.3. The highest BCUT2D eigenvalue weighted by Gasteiger charge is 2.63. The van der Waals surface area contributed by atoms with Gasteiger partial charge in [0.05, 0.1) is 6.61 Å². The van der Waals surface area contributed by atoms with Crippen LogP contribution in [0.25, 0.3) is 0 Å². The average Bonchev–Trinajstić information content (AvgIpc) is 3.02. The number of fused-ring (bicyclic) bond motifs is 5. The first kappa shape index (κ1) is 24.0. The zero-order chi connectivity index (χ0) is 23.5. The van der Waals surface area contributed by atoms with Gasteiger partial charge in [-0.05, 0) is 97.0 Å². The molecule has 2 nitrogen and oxygen atoms in total. The van der Waals surface area contributed by atoms with E-state index in [9.17, 15) is 9.90 Å². The third-order valence-electron chi connectivity index (χ3n) is 11.1. The van der Waals surface area contributed by atoms with Crippen molar-refractivity contribution in [2.75, 3.05) is 6.61 Å². The molecular weight excluding hydrogens is 392 g/mol. The van der Waals surface area contributed by atoms with Gasteiger partial charge >= 0.3 is 0 Å². The Bertz CT molecular complexity index is 873. The van der Waals surface area contributed by atoms with Gasteiger partial charge in [0.25, 0.3) is 0 Å². The Morgan fingerprint density at radius 1 is 1.16 bits per heavy atom. The molecule has 0 radical (unpaired) electrons. The first-order valence-corrected chi connectivity index (χ1v) is 13.1. The van der Waals surface area contributed by atoms with Gasteiger partial charge in [-0.15, -0.1) is 0 Å². The summed E-state index contributed by atoms with van der Waals surface area (Å²) in [5.74, 6) is 2.32. The molecule has 2 saturated carbocycles. The van der Waals surface area contributed by atoms with Crippen molar-refractivity contribution in [1.29, 1.82) is 0 Å². The molecule has 0 aromatic carbocycles. The van der Waals surface area contributed by atoms with E-state index >= 15 is 0 Å². The van der Waals surface area contributed by atoms with Crippen LogP contribution in [-0.4, -0.2) is 17.5 Å². The van der Waals surface area contributed by atoms with Gasteiger partial charge in [-0.3, -0.25) is 4.79 Å². The van der Waals surface area contributed by atoms with Crippen molar-refractivity contribution in [3.63, 3.8) is 0 Å². The largest absolute Gasteiger partial charge is 0.392 e. The van der Waals surface area contributed by atoms with Gasteiger partial charge in [-0.2, -0.15) is 0 Å². The molecule has 0 heterocycles. The van der Waals surface area contributed by atoms with Crippen LogP contribution in [0.3, 0.4) is 0 Å². The van der Waals surface area contributed by atoms with Crippen molar-refractivity contribution in [3.05, 3.63) is 34.9 Å². The van der Waals surface area contributed by atoms with Gasteiger partial charge < -0.3 is 5.11 Å². The first-order valence-electron chi connectivity index (χ1n) is 13.1. The zero-order valence-corrected chi connectivity index (χ0v) is 21.7. The Morgan fingerprint density at radius 2 is 1.88 bits per heavy atom. The van der Waals surface area contributed by atoms with Crippen LogP contribution in [0.5, 0.6) is 0 Å². The van der Waals surface area contributed by atoms with Crippen LogP contribution in [0.4, 0.5) is 0 Å².